The quantitative estimate of drug-likeness (QED) is 0.365. The molecule has 2 aromatic heterocycles. The molecule has 0 unspecified atom stereocenters. The van der Waals surface area contributed by atoms with Crippen molar-refractivity contribution in [1.29, 1.82) is 0 Å². The second-order valence-electron chi connectivity index (χ2n) is 9.00. The predicted molar refractivity (Wildman–Crippen MR) is 140 cm³/mol. The molecule has 0 bridgehead atoms. The smallest absolute Gasteiger partial charge is 0.223 e. The summed E-state index contributed by atoms with van der Waals surface area (Å²) in [5.74, 6) is 0.869. The van der Waals surface area contributed by atoms with E-state index < -0.39 is 5.95 Å². The summed E-state index contributed by atoms with van der Waals surface area (Å²) in [7, 11) is 0. The molecule has 1 fully saturated rings. The number of phenols is 1. The van der Waals surface area contributed by atoms with E-state index in [1.165, 1.54) is 0 Å². The molecule has 0 spiro atoms. The van der Waals surface area contributed by atoms with Crippen LogP contribution in [0.5, 0.6) is 17.5 Å². The summed E-state index contributed by atoms with van der Waals surface area (Å²) in [5, 5.41) is 10.0. The highest BCUT2D eigenvalue weighted by Gasteiger charge is 2.26. The van der Waals surface area contributed by atoms with Crippen LogP contribution in [0.4, 0.5) is 8.78 Å². The van der Waals surface area contributed by atoms with E-state index in [4.69, 9.17) is 9.47 Å². The third kappa shape index (κ3) is 5.72. The van der Waals surface area contributed by atoms with E-state index in [1.54, 1.807) is 42.2 Å². The first-order valence-corrected chi connectivity index (χ1v) is 13.4. The van der Waals surface area contributed by atoms with E-state index in [0.29, 0.717) is 30.2 Å². The Morgan fingerprint density at radius 3 is 2.73 bits per heavy atom. The van der Waals surface area contributed by atoms with Gasteiger partial charge >= 0.3 is 0 Å². The molecule has 0 aliphatic carbocycles. The molecule has 1 aromatic carbocycles. The zero-order valence-electron chi connectivity index (χ0n) is 20.6. The van der Waals surface area contributed by atoms with Crippen LogP contribution in [-0.4, -0.2) is 64.7 Å². The molecule has 2 aliphatic rings. The number of ether oxygens (including phenoxy) is 2. The van der Waals surface area contributed by atoms with Crippen LogP contribution in [0.1, 0.15) is 36.5 Å². The number of nitrogens with zero attached hydrogens (tertiary/aromatic N) is 3. The average Bonchev–Trinajstić information content (AvgIpc) is 3.35. The Morgan fingerprint density at radius 1 is 1.14 bits per heavy atom. The average molecular weight is 526 g/mol. The number of alkyl halides is 1. The Kier molecular flexibility index (Phi) is 7.90. The van der Waals surface area contributed by atoms with Gasteiger partial charge in [-0.1, -0.05) is 0 Å². The fraction of sp³-hybridized carbons (Fsp3) is 0.357. The number of hydrogen-bond acceptors (Lipinski definition) is 7. The molecule has 9 heteroatoms. The highest BCUT2D eigenvalue weighted by molar-refractivity contribution is 7.99. The summed E-state index contributed by atoms with van der Waals surface area (Å²) in [5.41, 5.74) is 3.76. The number of phenolic OH excluding ortho intramolecular Hbond substituents is 1. The molecule has 0 amide bonds. The Balaban J connectivity index is 1.46. The number of aromatic hydroxyl groups is 1. The van der Waals surface area contributed by atoms with Crippen LogP contribution in [0.3, 0.4) is 0 Å². The molecule has 1 atom stereocenters. The highest BCUT2D eigenvalue weighted by Crippen LogP contribution is 2.45. The van der Waals surface area contributed by atoms with Gasteiger partial charge in [0.25, 0.3) is 0 Å². The van der Waals surface area contributed by atoms with Gasteiger partial charge in [-0.05, 0) is 66.8 Å². The van der Waals surface area contributed by atoms with Crippen molar-refractivity contribution in [3.8, 4) is 17.5 Å². The molecule has 0 saturated carbocycles. The largest absolute Gasteiger partial charge is 0.508 e. The number of hydrogen-bond donors (Lipinski definition) is 1. The fourth-order valence-corrected chi connectivity index (χ4v) is 5.91. The van der Waals surface area contributed by atoms with E-state index >= 15 is 4.39 Å². The number of halogens is 2. The number of fused-ring (bicyclic) bond motifs is 1. The molecule has 0 radical (unpaired) electrons. The standard InChI is InChI=1S/C28H29F2N3O3S/c1-2-35-26-9-7-21(28(30)32-26)23-17-37-24-14-19(34)5-6-22(24)27(23)18-4-8-25(31-15-18)36-20-10-13-33(16-20)12-3-11-29/h4-9,14-15,20,34H,2-3,10-13,16-17H2,1H3/t20-/m0/s1. The van der Waals surface area contributed by atoms with Gasteiger partial charge in [0, 0.05) is 59.7 Å². The molecule has 3 aromatic rings. The summed E-state index contributed by atoms with van der Waals surface area (Å²) in [4.78, 5) is 11.7. The lowest BCUT2D eigenvalue weighted by atomic mass is 9.91. The van der Waals surface area contributed by atoms with Gasteiger partial charge in [0.15, 0.2) is 0 Å². The fourth-order valence-electron chi connectivity index (χ4n) is 4.78. The van der Waals surface area contributed by atoms with E-state index in [9.17, 15) is 9.50 Å². The maximum Gasteiger partial charge on any atom is 0.223 e. The van der Waals surface area contributed by atoms with Gasteiger partial charge in [0.1, 0.15) is 11.9 Å². The maximum absolute atomic E-state index is 15.2. The number of likely N-dealkylation sites (tertiary alicyclic amines) is 1. The van der Waals surface area contributed by atoms with Gasteiger partial charge in [-0.15, -0.1) is 11.8 Å². The molecule has 6 nitrogen and oxygen atoms in total. The zero-order valence-corrected chi connectivity index (χ0v) is 21.4. The van der Waals surface area contributed by atoms with Crippen molar-refractivity contribution in [2.45, 2.75) is 30.8 Å². The first-order chi connectivity index (χ1) is 18.1. The third-order valence-corrected chi connectivity index (χ3v) is 7.58. The van der Waals surface area contributed by atoms with Crippen LogP contribution in [0.25, 0.3) is 11.1 Å². The minimum atomic E-state index is -0.590. The van der Waals surface area contributed by atoms with Crippen LogP contribution < -0.4 is 9.47 Å². The molecule has 1 saturated heterocycles. The van der Waals surface area contributed by atoms with E-state index in [1.807, 2.05) is 25.1 Å². The minimum absolute atomic E-state index is 0.0199. The number of rotatable bonds is 9. The molecule has 4 heterocycles. The molecule has 5 rings (SSSR count). The Hall–Kier alpha value is -3.17. The molecule has 2 aliphatic heterocycles. The number of thioether (sulfide) groups is 1. The topological polar surface area (TPSA) is 67.7 Å². The molecular formula is C28H29F2N3O3S. The first kappa shape index (κ1) is 25.5. The number of benzene rings is 1. The maximum atomic E-state index is 15.2. The van der Waals surface area contributed by atoms with Crippen LogP contribution in [0.2, 0.25) is 0 Å². The van der Waals surface area contributed by atoms with Gasteiger partial charge in [-0.3, -0.25) is 9.29 Å². The van der Waals surface area contributed by atoms with E-state index in [2.05, 4.69) is 14.9 Å². The van der Waals surface area contributed by atoms with Gasteiger partial charge in [-0.25, -0.2) is 4.98 Å². The van der Waals surface area contributed by atoms with Crippen molar-refractivity contribution in [1.82, 2.24) is 14.9 Å². The molecule has 1 N–H and O–H groups in total. The molecular weight excluding hydrogens is 496 g/mol. The van der Waals surface area contributed by atoms with Crippen molar-refractivity contribution in [3.63, 3.8) is 0 Å². The van der Waals surface area contributed by atoms with Gasteiger partial charge in [-0.2, -0.15) is 9.37 Å². The van der Waals surface area contributed by atoms with E-state index in [-0.39, 0.29) is 24.4 Å². The Morgan fingerprint density at radius 2 is 1.97 bits per heavy atom. The zero-order chi connectivity index (χ0) is 25.8. The van der Waals surface area contributed by atoms with Gasteiger partial charge in [0.2, 0.25) is 17.7 Å². The SMILES string of the molecule is CCOc1ccc(C2=C(c3ccc(O[C@H]4CCN(CCCF)C4)nc3)c3ccc(O)cc3SC2)c(F)n1. The second-order valence-corrected chi connectivity index (χ2v) is 10.0. The predicted octanol–water partition coefficient (Wildman–Crippen LogP) is 5.60. The Labute approximate surface area is 219 Å². The van der Waals surface area contributed by atoms with Crippen LogP contribution in [-0.2, 0) is 0 Å². The normalized spacial score (nSPS) is 17.6. The van der Waals surface area contributed by atoms with Crippen LogP contribution in [0.15, 0.2) is 53.6 Å². The summed E-state index contributed by atoms with van der Waals surface area (Å²) < 4.78 is 39.1. The van der Waals surface area contributed by atoms with Crippen LogP contribution in [0, 0.1) is 5.95 Å². The lowest BCUT2D eigenvalue weighted by molar-refractivity contribution is 0.191. The highest BCUT2D eigenvalue weighted by atomic mass is 32.2. The monoisotopic (exact) mass is 525 g/mol. The van der Waals surface area contributed by atoms with Gasteiger partial charge < -0.3 is 14.6 Å². The number of aromatic nitrogens is 2. The van der Waals surface area contributed by atoms with Crippen molar-refractivity contribution < 1.29 is 23.4 Å². The third-order valence-electron chi connectivity index (χ3n) is 6.50. The van der Waals surface area contributed by atoms with Crippen molar-refractivity contribution in [3.05, 3.63) is 71.3 Å². The minimum Gasteiger partial charge on any atom is -0.508 e. The molecule has 37 heavy (non-hydrogen) atoms. The van der Waals surface area contributed by atoms with Gasteiger partial charge in [0.05, 0.1) is 13.3 Å². The van der Waals surface area contributed by atoms with E-state index in [0.717, 1.165) is 53.2 Å². The van der Waals surface area contributed by atoms with Crippen LogP contribution >= 0.6 is 11.8 Å². The number of pyridine rings is 2. The lowest BCUT2D eigenvalue weighted by Gasteiger charge is -2.24. The summed E-state index contributed by atoms with van der Waals surface area (Å²) in [6.07, 6.45) is 3.18. The molecule has 194 valence electrons. The first-order valence-electron chi connectivity index (χ1n) is 12.5. The summed E-state index contributed by atoms with van der Waals surface area (Å²) >= 11 is 1.54. The van der Waals surface area contributed by atoms with Crippen molar-refractivity contribution in [2.75, 3.05) is 38.7 Å². The van der Waals surface area contributed by atoms with Crippen molar-refractivity contribution in [2.24, 2.45) is 0 Å². The Bertz CT molecular complexity index is 1290. The lowest BCUT2D eigenvalue weighted by Crippen LogP contribution is -2.26. The summed E-state index contributed by atoms with van der Waals surface area (Å²) in [6, 6.07) is 12.4. The second kappa shape index (κ2) is 11.5. The van der Waals surface area contributed by atoms with Crippen molar-refractivity contribution >= 4 is 22.9 Å². The summed E-state index contributed by atoms with van der Waals surface area (Å²) in [6.45, 7) is 4.32.